The van der Waals surface area contributed by atoms with Gasteiger partial charge in [-0.3, -0.25) is 14.5 Å². The van der Waals surface area contributed by atoms with Gasteiger partial charge < -0.3 is 10.6 Å². The van der Waals surface area contributed by atoms with Crippen molar-refractivity contribution < 1.29 is 14.4 Å². The van der Waals surface area contributed by atoms with Gasteiger partial charge in [-0.25, -0.2) is 4.79 Å². The van der Waals surface area contributed by atoms with E-state index in [1.165, 1.54) is 0 Å². The Kier molecular flexibility index (Phi) is 4.50. The normalized spacial score (nSPS) is 19.4. The van der Waals surface area contributed by atoms with E-state index in [0.29, 0.717) is 11.3 Å². The van der Waals surface area contributed by atoms with Crippen LogP contribution in [-0.4, -0.2) is 29.3 Å². The quantitative estimate of drug-likeness (QED) is 0.832. The molecule has 0 unspecified atom stereocenters. The monoisotopic (exact) mass is 351 g/mol. The van der Waals surface area contributed by atoms with Crippen molar-refractivity contribution in [3.8, 4) is 0 Å². The summed E-state index contributed by atoms with van der Waals surface area (Å²) < 4.78 is 0. The van der Waals surface area contributed by atoms with Crippen LogP contribution in [0.5, 0.6) is 0 Å². The van der Waals surface area contributed by atoms with E-state index in [1.54, 1.807) is 13.0 Å². The van der Waals surface area contributed by atoms with Crippen LogP contribution in [0.25, 0.3) is 0 Å². The molecule has 0 radical (unpaired) electrons. The highest BCUT2D eigenvalue weighted by Crippen LogP contribution is 2.28. The Hall–Kier alpha value is -3.15. The SMILES string of the molecule is Cc1ccc([C@@]2(C)NC(=O)N(CC(=O)Nc3cccc(C)c3)C2=O)cc1. The molecule has 2 N–H and O–H groups in total. The number of imide groups is 1. The van der Waals surface area contributed by atoms with E-state index >= 15 is 0 Å². The third-order valence-corrected chi connectivity index (χ3v) is 4.51. The average molecular weight is 351 g/mol. The lowest BCUT2D eigenvalue weighted by molar-refractivity contribution is -0.133. The van der Waals surface area contributed by atoms with Crippen LogP contribution in [0.15, 0.2) is 48.5 Å². The van der Waals surface area contributed by atoms with E-state index in [9.17, 15) is 14.4 Å². The highest BCUT2D eigenvalue weighted by atomic mass is 16.2. The number of benzene rings is 2. The summed E-state index contributed by atoms with van der Waals surface area (Å²) in [5.74, 6) is -0.863. The van der Waals surface area contributed by atoms with Crippen LogP contribution < -0.4 is 10.6 Å². The van der Waals surface area contributed by atoms with E-state index < -0.39 is 23.4 Å². The zero-order chi connectivity index (χ0) is 18.9. The number of carbonyl (C=O) groups excluding carboxylic acids is 3. The summed E-state index contributed by atoms with van der Waals surface area (Å²) in [6.45, 7) is 5.18. The molecule has 2 aromatic rings. The van der Waals surface area contributed by atoms with Crippen molar-refractivity contribution >= 4 is 23.5 Å². The Bertz CT molecular complexity index is 876. The van der Waals surface area contributed by atoms with Crippen molar-refractivity contribution in [2.24, 2.45) is 0 Å². The van der Waals surface area contributed by atoms with Crippen LogP contribution in [-0.2, 0) is 15.1 Å². The van der Waals surface area contributed by atoms with Crippen LogP contribution in [0.2, 0.25) is 0 Å². The van der Waals surface area contributed by atoms with E-state index in [2.05, 4.69) is 10.6 Å². The first-order chi connectivity index (χ1) is 12.3. The standard InChI is InChI=1S/C20H21N3O3/c1-13-7-9-15(10-8-13)20(3)18(25)23(19(26)22-20)12-17(24)21-16-6-4-5-14(2)11-16/h4-11H,12H2,1-3H3,(H,21,24)(H,22,26)/t20-/m1/s1. The molecular weight excluding hydrogens is 330 g/mol. The van der Waals surface area contributed by atoms with Gasteiger partial charge in [0.25, 0.3) is 5.91 Å². The van der Waals surface area contributed by atoms with E-state index in [1.807, 2.05) is 56.3 Å². The molecule has 134 valence electrons. The lowest BCUT2D eigenvalue weighted by Crippen LogP contribution is -2.42. The summed E-state index contributed by atoms with van der Waals surface area (Å²) in [5.41, 5.74) is 2.20. The minimum atomic E-state index is -1.17. The Balaban J connectivity index is 1.74. The number of hydrogen-bond acceptors (Lipinski definition) is 3. The van der Waals surface area contributed by atoms with Gasteiger partial charge in [0.2, 0.25) is 5.91 Å². The molecule has 0 saturated carbocycles. The molecular formula is C20H21N3O3. The smallest absolute Gasteiger partial charge is 0.325 e. The third-order valence-electron chi connectivity index (χ3n) is 4.51. The Morgan fingerprint density at radius 2 is 1.77 bits per heavy atom. The van der Waals surface area contributed by atoms with E-state index in [-0.39, 0.29) is 6.54 Å². The van der Waals surface area contributed by atoms with Crippen molar-refractivity contribution in [2.45, 2.75) is 26.3 Å². The molecule has 0 spiro atoms. The van der Waals surface area contributed by atoms with Crippen LogP contribution in [0.4, 0.5) is 10.5 Å². The van der Waals surface area contributed by atoms with Gasteiger partial charge in [0, 0.05) is 5.69 Å². The fourth-order valence-electron chi connectivity index (χ4n) is 2.99. The maximum atomic E-state index is 12.8. The molecule has 26 heavy (non-hydrogen) atoms. The van der Waals surface area contributed by atoms with Gasteiger partial charge in [0.15, 0.2) is 0 Å². The number of hydrogen-bond donors (Lipinski definition) is 2. The largest absolute Gasteiger partial charge is 0.325 e. The fourth-order valence-corrected chi connectivity index (χ4v) is 2.99. The molecule has 1 fully saturated rings. The summed E-state index contributed by atoms with van der Waals surface area (Å²) in [7, 11) is 0. The van der Waals surface area contributed by atoms with Gasteiger partial charge >= 0.3 is 6.03 Å². The summed E-state index contributed by atoms with van der Waals surface area (Å²) in [5, 5.41) is 5.41. The second-order valence-electron chi connectivity index (χ2n) is 6.73. The van der Waals surface area contributed by atoms with Crippen LogP contribution in [0.3, 0.4) is 0 Å². The topological polar surface area (TPSA) is 78.5 Å². The van der Waals surface area contributed by atoms with E-state index in [0.717, 1.165) is 16.0 Å². The molecule has 2 aromatic carbocycles. The zero-order valence-electron chi connectivity index (χ0n) is 15.0. The van der Waals surface area contributed by atoms with Gasteiger partial charge in [-0.15, -0.1) is 0 Å². The molecule has 6 heteroatoms. The second-order valence-corrected chi connectivity index (χ2v) is 6.73. The maximum Gasteiger partial charge on any atom is 0.325 e. The van der Waals surface area contributed by atoms with Crippen molar-refractivity contribution in [3.05, 3.63) is 65.2 Å². The number of urea groups is 1. The van der Waals surface area contributed by atoms with Crippen molar-refractivity contribution in [1.82, 2.24) is 10.2 Å². The predicted molar refractivity (Wildman–Crippen MR) is 98.6 cm³/mol. The maximum absolute atomic E-state index is 12.8. The molecule has 1 atom stereocenters. The minimum Gasteiger partial charge on any atom is -0.325 e. The first-order valence-electron chi connectivity index (χ1n) is 8.37. The summed E-state index contributed by atoms with van der Waals surface area (Å²) >= 11 is 0. The van der Waals surface area contributed by atoms with Gasteiger partial charge in [0.1, 0.15) is 12.1 Å². The van der Waals surface area contributed by atoms with Gasteiger partial charge in [-0.2, -0.15) is 0 Å². The molecule has 0 bridgehead atoms. The fraction of sp³-hybridized carbons (Fsp3) is 0.250. The van der Waals surface area contributed by atoms with Gasteiger partial charge in [0.05, 0.1) is 0 Å². The first-order valence-corrected chi connectivity index (χ1v) is 8.37. The molecule has 1 aliphatic rings. The molecule has 6 nitrogen and oxygen atoms in total. The zero-order valence-corrected chi connectivity index (χ0v) is 15.0. The molecule has 4 amide bonds. The molecule has 1 aliphatic heterocycles. The summed E-state index contributed by atoms with van der Waals surface area (Å²) in [6, 6.07) is 14.1. The lowest BCUT2D eigenvalue weighted by atomic mass is 9.91. The van der Waals surface area contributed by atoms with Crippen molar-refractivity contribution in [2.75, 3.05) is 11.9 Å². The number of amides is 4. The summed E-state index contributed by atoms with van der Waals surface area (Å²) in [6.07, 6.45) is 0. The van der Waals surface area contributed by atoms with Gasteiger partial charge in [-0.05, 0) is 44.0 Å². The average Bonchev–Trinajstić information content (AvgIpc) is 2.79. The molecule has 1 saturated heterocycles. The van der Waals surface area contributed by atoms with E-state index in [4.69, 9.17) is 0 Å². The number of rotatable bonds is 4. The Labute approximate surface area is 152 Å². The van der Waals surface area contributed by atoms with Gasteiger partial charge in [-0.1, -0.05) is 42.0 Å². The van der Waals surface area contributed by atoms with Crippen molar-refractivity contribution in [1.29, 1.82) is 0 Å². The first kappa shape index (κ1) is 17.7. The summed E-state index contributed by atoms with van der Waals surface area (Å²) in [4.78, 5) is 38.4. The highest BCUT2D eigenvalue weighted by molar-refractivity contribution is 6.10. The number of anilines is 1. The van der Waals surface area contributed by atoms with Crippen molar-refractivity contribution in [3.63, 3.8) is 0 Å². The Morgan fingerprint density at radius 3 is 2.42 bits per heavy atom. The number of nitrogens with one attached hydrogen (secondary N) is 2. The van der Waals surface area contributed by atoms with Crippen LogP contribution in [0, 0.1) is 13.8 Å². The minimum absolute atomic E-state index is 0.333. The lowest BCUT2D eigenvalue weighted by Gasteiger charge is -2.22. The third kappa shape index (κ3) is 3.31. The number of aryl methyl sites for hydroxylation is 2. The molecule has 1 heterocycles. The number of carbonyl (C=O) groups is 3. The molecule has 0 aliphatic carbocycles. The predicted octanol–water partition coefficient (Wildman–Crippen LogP) is 2.71. The highest BCUT2D eigenvalue weighted by Gasteiger charge is 2.49. The molecule has 3 rings (SSSR count). The second kappa shape index (κ2) is 6.63. The Morgan fingerprint density at radius 1 is 1.08 bits per heavy atom. The van der Waals surface area contributed by atoms with Crippen LogP contribution >= 0.6 is 0 Å². The van der Waals surface area contributed by atoms with Crippen LogP contribution in [0.1, 0.15) is 23.6 Å². The number of nitrogens with zero attached hydrogens (tertiary/aromatic N) is 1. The molecule has 0 aromatic heterocycles.